The van der Waals surface area contributed by atoms with Crippen LogP contribution in [0.5, 0.6) is 0 Å². The summed E-state index contributed by atoms with van der Waals surface area (Å²) in [6.07, 6.45) is 0. The lowest BCUT2D eigenvalue weighted by molar-refractivity contribution is 0.251. The second-order valence-electron chi connectivity index (χ2n) is 5.60. The Kier molecular flexibility index (Phi) is 4.78. The van der Waals surface area contributed by atoms with E-state index >= 15 is 0 Å². The number of thiophene rings is 1. The van der Waals surface area contributed by atoms with Crippen LogP contribution in [0.25, 0.3) is 0 Å². The van der Waals surface area contributed by atoms with Crippen molar-refractivity contribution in [2.45, 2.75) is 26.1 Å². The summed E-state index contributed by atoms with van der Waals surface area (Å²) in [6, 6.07) is 5.24. The highest BCUT2D eigenvalue weighted by atomic mass is 32.1. The molecule has 1 N–H and O–H groups in total. The lowest BCUT2D eigenvalue weighted by Gasteiger charge is -2.22. The largest absolute Gasteiger partial charge is 0.315 e. The van der Waals surface area contributed by atoms with Crippen molar-refractivity contribution in [3.63, 3.8) is 0 Å². The summed E-state index contributed by atoms with van der Waals surface area (Å²) in [5.74, 6) is 0.775. The van der Waals surface area contributed by atoms with Gasteiger partial charge >= 0.3 is 0 Å². The third kappa shape index (κ3) is 3.32. The number of hydrogen-bond acceptors (Lipinski definition) is 4. The Bertz CT molecular complexity index is 375. The zero-order valence-corrected chi connectivity index (χ0v) is 12.8. The number of likely N-dealkylation sites (N-methyl/N-ethyl adjacent to an activating group) is 1. The van der Waals surface area contributed by atoms with Crippen molar-refractivity contribution in [3.05, 3.63) is 21.9 Å². The smallest absolute Gasteiger partial charge is 0.0328 e. The first-order chi connectivity index (χ1) is 8.60. The first-order valence-electron chi connectivity index (χ1n) is 6.71. The van der Waals surface area contributed by atoms with E-state index in [9.17, 15) is 0 Å². The van der Waals surface area contributed by atoms with Gasteiger partial charge in [0.2, 0.25) is 0 Å². The van der Waals surface area contributed by atoms with E-state index in [1.165, 1.54) is 22.8 Å². The average molecular weight is 267 g/mol. The van der Waals surface area contributed by atoms with Crippen LogP contribution in [0.1, 0.15) is 16.7 Å². The van der Waals surface area contributed by atoms with Gasteiger partial charge in [-0.3, -0.25) is 4.90 Å². The van der Waals surface area contributed by atoms with Crippen molar-refractivity contribution in [2.24, 2.45) is 5.92 Å². The zero-order chi connectivity index (χ0) is 13.1. The van der Waals surface area contributed by atoms with E-state index < -0.39 is 0 Å². The molecule has 1 aromatic heterocycles. The molecule has 0 aromatic carbocycles. The first-order valence-corrected chi connectivity index (χ1v) is 7.52. The lowest BCUT2D eigenvalue weighted by atomic mass is 10.1. The van der Waals surface area contributed by atoms with E-state index in [4.69, 9.17) is 0 Å². The molecule has 2 unspecified atom stereocenters. The SMILES string of the molecule is CNCc1ccc(CN2CC(C)C(N(C)C)C2)s1. The van der Waals surface area contributed by atoms with E-state index in [-0.39, 0.29) is 0 Å². The van der Waals surface area contributed by atoms with Gasteiger partial charge in [0.25, 0.3) is 0 Å². The van der Waals surface area contributed by atoms with Crippen LogP contribution in [-0.4, -0.2) is 50.1 Å². The predicted octanol–water partition coefficient (Wildman–Crippen LogP) is 1.85. The van der Waals surface area contributed by atoms with E-state index in [0.29, 0.717) is 6.04 Å². The summed E-state index contributed by atoms with van der Waals surface area (Å²) >= 11 is 1.94. The summed E-state index contributed by atoms with van der Waals surface area (Å²) < 4.78 is 0. The normalized spacial score (nSPS) is 25.2. The molecular weight excluding hydrogens is 242 g/mol. The third-order valence-electron chi connectivity index (χ3n) is 3.76. The van der Waals surface area contributed by atoms with Gasteiger partial charge in [-0.25, -0.2) is 0 Å². The Balaban J connectivity index is 1.90. The minimum Gasteiger partial charge on any atom is -0.315 e. The molecule has 1 aliphatic rings. The molecule has 4 heteroatoms. The molecule has 2 rings (SSSR count). The Morgan fingerprint density at radius 3 is 2.67 bits per heavy atom. The highest BCUT2D eigenvalue weighted by molar-refractivity contribution is 7.11. The van der Waals surface area contributed by atoms with Crippen LogP contribution >= 0.6 is 11.3 Å². The zero-order valence-electron chi connectivity index (χ0n) is 11.9. The first kappa shape index (κ1) is 14.0. The van der Waals surface area contributed by atoms with E-state index in [0.717, 1.165) is 19.0 Å². The number of likely N-dealkylation sites (tertiary alicyclic amines) is 1. The van der Waals surface area contributed by atoms with Crippen molar-refractivity contribution in [3.8, 4) is 0 Å². The molecule has 0 aliphatic carbocycles. The van der Waals surface area contributed by atoms with Gasteiger partial charge < -0.3 is 10.2 Å². The summed E-state index contributed by atoms with van der Waals surface area (Å²) in [5, 5.41) is 3.21. The highest BCUT2D eigenvalue weighted by Gasteiger charge is 2.30. The van der Waals surface area contributed by atoms with Crippen LogP contribution in [0.3, 0.4) is 0 Å². The Morgan fingerprint density at radius 1 is 1.33 bits per heavy atom. The number of nitrogens with zero attached hydrogens (tertiary/aromatic N) is 2. The average Bonchev–Trinajstić information content (AvgIpc) is 2.87. The number of rotatable bonds is 5. The lowest BCUT2D eigenvalue weighted by Crippen LogP contribution is -2.34. The molecule has 1 fully saturated rings. The van der Waals surface area contributed by atoms with Crippen molar-refractivity contribution in [1.82, 2.24) is 15.1 Å². The van der Waals surface area contributed by atoms with Gasteiger partial charge in [-0.05, 0) is 39.2 Å². The molecule has 0 amide bonds. The fourth-order valence-electron chi connectivity index (χ4n) is 2.85. The highest BCUT2D eigenvalue weighted by Crippen LogP contribution is 2.24. The molecule has 0 spiro atoms. The molecule has 0 bridgehead atoms. The third-order valence-corrected chi connectivity index (χ3v) is 4.83. The minimum atomic E-state index is 0.710. The van der Waals surface area contributed by atoms with Gasteiger partial charge in [-0.2, -0.15) is 0 Å². The molecule has 2 atom stereocenters. The second kappa shape index (κ2) is 6.15. The fourth-order valence-corrected chi connectivity index (χ4v) is 3.92. The van der Waals surface area contributed by atoms with Gasteiger partial charge in [0.15, 0.2) is 0 Å². The molecule has 102 valence electrons. The van der Waals surface area contributed by atoms with Crippen LogP contribution in [0, 0.1) is 5.92 Å². The fraction of sp³-hybridized carbons (Fsp3) is 0.714. The van der Waals surface area contributed by atoms with Gasteiger partial charge in [-0.1, -0.05) is 6.92 Å². The monoisotopic (exact) mass is 267 g/mol. The molecule has 18 heavy (non-hydrogen) atoms. The number of nitrogens with one attached hydrogen (secondary N) is 1. The van der Waals surface area contributed by atoms with Crippen LogP contribution in [0.4, 0.5) is 0 Å². The maximum absolute atomic E-state index is 3.21. The molecule has 1 saturated heterocycles. The maximum atomic E-state index is 3.21. The molecule has 0 radical (unpaired) electrons. The number of hydrogen-bond donors (Lipinski definition) is 1. The van der Waals surface area contributed by atoms with Crippen LogP contribution in [0.15, 0.2) is 12.1 Å². The summed E-state index contributed by atoms with van der Waals surface area (Å²) in [4.78, 5) is 7.88. The van der Waals surface area contributed by atoms with Gasteiger partial charge in [0.05, 0.1) is 0 Å². The molecule has 1 aromatic rings. The molecule has 1 aliphatic heterocycles. The van der Waals surface area contributed by atoms with Crippen molar-refractivity contribution in [2.75, 3.05) is 34.2 Å². The summed E-state index contributed by atoms with van der Waals surface area (Å²) in [6.45, 7) is 6.89. The van der Waals surface area contributed by atoms with Gasteiger partial charge in [0.1, 0.15) is 0 Å². The van der Waals surface area contributed by atoms with Crippen LogP contribution in [0.2, 0.25) is 0 Å². The van der Waals surface area contributed by atoms with Crippen molar-refractivity contribution < 1.29 is 0 Å². The predicted molar refractivity (Wildman–Crippen MR) is 79.0 cm³/mol. The van der Waals surface area contributed by atoms with Crippen molar-refractivity contribution in [1.29, 1.82) is 0 Å². The summed E-state index contributed by atoms with van der Waals surface area (Å²) in [5.41, 5.74) is 0. The second-order valence-corrected chi connectivity index (χ2v) is 6.85. The van der Waals surface area contributed by atoms with E-state index in [2.05, 4.69) is 48.3 Å². The van der Waals surface area contributed by atoms with Gasteiger partial charge in [-0.15, -0.1) is 11.3 Å². The topological polar surface area (TPSA) is 18.5 Å². The Morgan fingerprint density at radius 2 is 2.06 bits per heavy atom. The van der Waals surface area contributed by atoms with E-state index in [1.54, 1.807) is 0 Å². The minimum absolute atomic E-state index is 0.710. The maximum Gasteiger partial charge on any atom is 0.0328 e. The molecule has 3 nitrogen and oxygen atoms in total. The Hall–Kier alpha value is -0.420. The standard InChI is InChI=1S/C14H25N3S/c1-11-8-17(10-14(11)16(3)4)9-13-6-5-12(18-13)7-15-2/h5-6,11,14-15H,7-10H2,1-4H3. The van der Waals surface area contributed by atoms with Crippen molar-refractivity contribution >= 4 is 11.3 Å². The summed E-state index contributed by atoms with van der Waals surface area (Å²) in [7, 11) is 6.39. The quantitative estimate of drug-likeness (QED) is 0.878. The molecular formula is C14H25N3S. The van der Waals surface area contributed by atoms with Crippen LogP contribution < -0.4 is 5.32 Å². The Labute approximate surface area is 115 Å². The van der Waals surface area contributed by atoms with Gasteiger partial charge in [0, 0.05) is 42.0 Å². The molecule has 2 heterocycles. The van der Waals surface area contributed by atoms with E-state index in [1.807, 2.05) is 18.4 Å². The van der Waals surface area contributed by atoms with Crippen LogP contribution in [-0.2, 0) is 13.1 Å². The molecule has 0 saturated carbocycles.